The molecule has 0 aromatic heterocycles. The smallest absolute Gasteiger partial charge is 0.127 e. The molecule has 1 rings (SSSR count). The average Bonchev–Trinajstić information content (AvgIpc) is 2.27. The van der Waals surface area contributed by atoms with E-state index in [4.69, 9.17) is 20.3 Å². The lowest BCUT2D eigenvalue weighted by atomic mass is 10.0. The van der Waals surface area contributed by atoms with Crippen LogP contribution in [0, 0.1) is 6.92 Å². The van der Waals surface area contributed by atoms with Gasteiger partial charge >= 0.3 is 0 Å². The Morgan fingerprint density at radius 1 is 1.24 bits per heavy atom. The zero-order valence-corrected chi connectivity index (χ0v) is 11.2. The third kappa shape index (κ3) is 3.77. The van der Waals surface area contributed by atoms with E-state index in [-0.39, 0.29) is 25.1 Å². The van der Waals surface area contributed by atoms with Gasteiger partial charge in [0.2, 0.25) is 0 Å². The highest BCUT2D eigenvalue weighted by atomic mass is 35.5. The summed E-state index contributed by atoms with van der Waals surface area (Å²) in [4.78, 5) is 0. The molecule has 1 aromatic carbocycles. The minimum Gasteiger partial charge on any atom is -0.496 e. The highest BCUT2D eigenvalue weighted by Gasteiger charge is 2.17. The van der Waals surface area contributed by atoms with Crippen LogP contribution in [0.5, 0.6) is 11.5 Å². The van der Waals surface area contributed by atoms with E-state index in [1.807, 2.05) is 19.1 Å². The van der Waals surface area contributed by atoms with E-state index in [2.05, 4.69) is 0 Å². The lowest BCUT2D eigenvalue weighted by Gasteiger charge is -2.19. The van der Waals surface area contributed by atoms with Crippen molar-refractivity contribution in [3.8, 4) is 11.5 Å². The number of hydrogen-bond acceptors (Lipinski definition) is 4. The number of nitrogens with two attached hydrogens (primary N) is 1. The van der Waals surface area contributed by atoms with Gasteiger partial charge in [0, 0.05) is 12.6 Å². The van der Waals surface area contributed by atoms with Crippen molar-refractivity contribution in [2.24, 2.45) is 5.73 Å². The van der Waals surface area contributed by atoms with Crippen molar-refractivity contribution in [3.05, 3.63) is 23.3 Å². The van der Waals surface area contributed by atoms with Crippen molar-refractivity contribution in [3.63, 3.8) is 0 Å². The van der Waals surface area contributed by atoms with Gasteiger partial charge in [-0.15, -0.1) is 12.4 Å². The van der Waals surface area contributed by atoms with Crippen molar-refractivity contribution in [1.29, 1.82) is 0 Å². The summed E-state index contributed by atoms with van der Waals surface area (Å²) in [7, 11) is 3.20. The quantitative estimate of drug-likeness (QED) is 0.849. The largest absolute Gasteiger partial charge is 0.496 e. The third-order valence-corrected chi connectivity index (χ3v) is 2.50. The summed E-state index contributed by atoms with van der Waals surface area (Å²) in [5.41, 5.74) is 7.85. The average molecular weight is 262 g/mol. The van der Waals surface area contributed by atoms with E-state index >= 15 is 0 Å². The SMILES string of the molecule is COc1cc(C)cc(OC)c1[C@@H](N)CCO.Cl. The molecule has 0 aliphatic rings. The molecule has 0 radical (unpaired) electrons. The first kappa shape index (κ1) is 16.0. The van der Waals surface area contributed by atoms with E-state index in [0.717, 1.165) is 11.1 Å². The molecule has 0 fully saturated rings. The molecule has 0 amide bonds. The molecule has 0 bridgehead atoms. The normalized spacial score (nSPS) is 11.6. The summed E-state index contributed by atoms with van der Waals surface area (Å²) in [6.07, 6.45) is 0.482. The molecule has 17 heavy (non-hydrogen) atoms. The van der Waals surface area contributed by atoms with Crippen LogP contribution in [-0.4, -0.2) is 25.9 Å². The predicted octanol–water partition coefficient (Wildman–Crippen LogP) is 1.82. The number of aryl methyl sites for hydroxylation is 1. The Morgan fingerprint density at radius 3 is 2.06 bits per heavy atom. The number of aliphatic hydroxyl groups excluding tert-OH is 1. The van der Waals surface area contributed by atoms with Gasteiger partial charge in [-0.2, -0.15) is 0 Å². The van der Waals surface area contributed by atoms with Gasteiger partial charge in [0.15, 0.2) is 0 Å². The zero-order valence-electron chi connectivity index (χ0n) is 10.4. The van der Waals surface area contributed by atoms with Gasteiger partial charge in [0.25, 0.3) is 0 Å². The third-order valence-electron chi connectivity index (χ3n) is 2.50. The van der Waals surface area contributed by atoms with Crippen LogP contribution in [0.2, 0.25) is 0 Å². The van der Waals surface area contributed by atoms with Crippen LogP contribution in [-0.2, 0) is 0 Å². The summed E-state index contributed by atoms with van der Waals surface area (Å²) in [6.45, 7) is 2.01. The second-order valence-corrected chi connectivity index (χ2v) is 3.70. The Balaban J connectivity index is 0.00000256. The van der Waals surface area contributed by atoms with Gasteiger partial charge in [-0.25, -0.2) is 0 Å². The van der Waals surface area contributed by atoms with E-state index in [1.165, 1.54) is 0 Å². The summed E-state index contributed by atoms with van der Waals surface area (Å²) in [6, 6.07) is 3.54. The first-order chi connectivity index (χ1) is 7.63. The van der Waals surface area contributed by atoms with E-state index in [9.17, 15) is 0 Å². The number of rotatable bonds is 5. The van der Waals surface area contributed by atoms with Gasteiger partial charge in [-0.1, -0.05) is 0 Å². The predicted molar refractivity (Wildman–Crippen MR) is 70.2 cm³/mol. The fourth-order valence-electron chi connectivity index (χ4n) is 1.72. The lowest BCUT2D eigenvalue weighted by molar-refractivity contribution is 0.273. The maximum Gasteiger partial charge on any atom is 0.127 e. The van der Waals surface area contributed by atoms with Crippen molar-refractivity contribution >= 4 is 12.4 Å². The Labute approximate surface area is 108 Å². The second-order valence-electron chi connectivity index (χ2n) is 3.70. The molecule has 0 aliphatic heterocycles. The minimum atomic E-state index is -0.282. The van der Waals surface area contributed by atoms with Crippen LogP contribution in [0.15, 0.2) is 12.1 Å². The molecule has 0 saturated heterocycles. The number of methoxy groups -OCH3 is 2. The number of aliphatic hydroxyl groups is 1. The summed E-state index contributed by atoms with van der Waals surface area (Å²) in [5.74, 6) is 1.41. The summed E-state index contributed by atoms with van der Waals surface area (Å²) in [5, 5.41) is 8.92. The maximum absolute atomic E-state index is 8.92. The Hall–Kier alpha value is -0.970. The second kappa shape index (κ2) is 7.37. The fraction of sp³-hybridized carbons (Fsp3) is 0.500. The van der Waals surface area contributed by atoms with E-state index < -0.39 is 0 Å². The highest BCUT2D eigenvalue weighted by molar-refractivity contribution is 5.85. The van der Waals surface area contributed by atoms with Crippen LogP contribution >= 0.6 is 12.4 Å². The van der Waals surface area contributed by atoms with Gasteiger partial charge in [0.1, 0.15) is 11.5 Å². The van der Waals surface area contributed by atoms with E-state index in [0.29, 0.717) is 17.9 Å². The molecular weight excluding hydrogens is 242 g/mol. The van der Waals surface area contributed by atoms with Gasteiger partial charge < -0.3 is 20.3 Å². The fourth-order valence-corrected chi connectivity index (χ4v) is 1.72. The molecular formula is C12H20ClNO3. The van der Waals surface area contributed by atoms with Crippen molar-refractivity contribution in [2.45, 2.75) is 19.4 Å². The number of ether oxygens (including phenoxy) is 2. The van der Waals surface area contributed by atoms with Crippen LogP contribution in [0.4, 0.5) is 0 Å². The van der Waals surface area contributed by atoms with Crippen LogP contribution in [0.1, 0.15) is 23.6 Å². The highest BCUT2D eigenvalue weighted by Crippen LogP contribution is 2.35. The molecule has 1 aromatic rings. The van der Waals surface area contributed by atoms with Gasteiger partial charge in [-0.3, -0.25) is 0 Å². The van der Waals surface area contributed by atoms with Crippen LogP contribution < -0.4 is 15.2 Å². The summed E-state index contributed by atoms with van der Waals surface area (Å²) >= 11 is 0. The molecule has 1 atom stereocenters. The van der Waals surface area contributed by atoms with E-state index in [1.54, 1.807) is 14.2 Å². The maximum atomic E-state index is 8.92. The standard InChI is InChI=1S/C12H19NO3.ClH/c1-8-6-10(15-2)12(9(13)4-5-14)11(7-8)16-3;/h6-7,9,14H,4-5,13H2,1-3H3;1H/t9-;/m0./s1. The molecule has 4 nitrogen and oxygen atoms in total. The lowest BCUT2D eigenvalue weighted by Crippen LogP contribution is -2.14. The first-order valence-corrected chi connectivity index (χ1v) is 5.23. The van der Waals surface area contributed by atoms with Crippen molar-refractivity contribution in [1.82, 2.24) is 0 Å². The molecule has 0 aliphatic carbocycles. The molecule has 0 heterocycles. The Morgan fingerprint density at radius 2 is 1.71 bits per heavy atom. The molecule has 0 unspecified atom stereocenters. The molecule has 3 N–H and O–H groups in total. The molecule has 0 spiro atoms. The van der Waals surface area contributed by atoms with Gasteiger partial charge in [0.05, 0.1) is 19.8 Å². The molecule has 98 valence electrons. The topological polar surface area (TPSA) is 64.7 Å². The first-order valence-electron chi connectivity index (χ1n) is 5.23. The van der Waals surface area contributed by atoms with Crippen LogP contribution in [0.3, 0.4) is 0 Å². The van der Waals surface area contributed by atoms with Crippen molar-refractivity contribution < 1.29 is 14.6 Å². The minimum absolute atomic E-state index is 0. The number of halogens is 1. The molecule has 5 heteroatoms. The van der Waals surface area contributed by atoms with Gasteiger partial charge in [-0.05, 0) is 31.0 Å². The molecule has 0 saturated carbocycles. The number of hydrogen-bond donors (Lipinski definition) is 2. The summed E-state index contributed by atoms with van der Waals surface area (Å²) < 4.78 is 10.6. The Bertz CT molecular complexity index is 333. The Kier molecular flexibility index (Phi) is 6.95. The van der Waals surface area contributed by atoms with Crippen molar-refractivity contribution in [2.75, 3.05) is 20.8 Å². The van der Waals surface area contributed by atoms with Crippen LogP contribution in [0.25, 0.3) is 0 Å². The number of benzene rings is 1. The zero-order chi connectivity index (χ0) is 12.1. The monoisotopic (exact) mass is 261 g/mol.